The number of carbonyl (C=O) groups is 1. The lowest BCUT2D eigenvalue weighted by atomic mass is 10.1. The fraction of sp³-hybridized carbons (Fsp3) is 0.130. The predicted octanol–water partition coefficient (Wildman–Crippen LogP) is 5.48. The van der Waals surface area contributed by atoms with Gasteiger partial charge in [0.1, 0.15) is 6.61 Å². The Morgan fingerprint density at radius 2 is 1.79 bits per heavy atom. The molecule has 0 amide bonds. The number of ether oxygens (including phenoxy) is 2. The van der Waals surface area contributed by atoms with Gasteiger partial charge in [-0.1, -0.05) is 12.1 Å². The molecule has 0 atom stereocenters. The highest BCUT2D eigenvalue weighted by molar-refractivity contribution is 9.10. The molecule has 2 N–H and O–H groups in total. The Morgan fingerprint density at radius 3 is 2.39 bits per heavy atom. The number of nitro benzene ring substituents is 1. The van der Waals surface area contributed by atoms with Crippen LogP contribution in [0.15, 0.2) is 70.2 Å². The maximum Gasteiger partial charge on any atom is 0.335 e. The topological polar surface area (TPSA) is 123 Å². The summed E-state index contributed by atoms with van der Waals surface area (Å²) in [5.41, 5.74) is 5.18. The van der Waals surface area contributed by atoms with E-state index < -0.39 is 10.9 Å². The van der Waals surface area contributed by atoms with Gasteiger partial charge in [0, 0.05) is 22.2 Å². The minimum Gasteiger partial charge on any atom is -0.490 e. The quantitative estimate of drug-likeness (QED) is 0.209. The second kappa shape index (κ2) is 11.1. The Balaban J connectivity index is 1.70. The number of hydrogen-bond acceptors (Lipinski definition) is 7. The number of nitro groups is 1. The highest BCUT2D eigenvalue weighted by atomic mass is 79.9. The van der Waals surface area contributed by atoms with E-state index in [9.17, 15) is 14.9 Å². The van der Waals surface area contributed by atoms with Gasteiger partial charge >= 0.3 is 5.97 Å². The van der Waals surface area contributed by atoms with E-state index >= 15 is 0 Å². The molecule has 9 nitrogen and oxygen atoms in total. The highest BCUT2D eigenvalue weighted by Gasteiger charge is 2.11. The van der Waals surface area contributed by atoms with Gasteiger partial charge in [0.25, 0.3) is 5.69 Å². The van der Waals surface area contributed by atoms with Gasteiger partial charge in [-0.2, -0.15) is 5.10 Å². The van der Waals surface area contributed by atoms with Crippen LogP contribution in [0.25, 0.3) is 0 Å². The van der Waals surface area contributed by atoms with Crippen molar-refractivity contribution in [1.29, 1.82) is 0 Å². The molecule has 33 heavy (non-hydrogen) atoms. The van der Waals surface area contributed by atoms with Crippen LogP contribution >= 0.6 is 15.9 Å². The van der Waals surface area contributed by atoms with Crippen LogP contribution in [0.2, 0.25) is 0 Å². The van der Waals surface area contributed by atoms with Crippen LogP contribution < -0.4 is 14.9 Å². The number of carboxylic acid groups (broad SMARTS) is 1. The first-order valence-corrected chi connectivity index (χ1v) is 10.6. The molecule has 3 aromatic carbocycles. The lowest BCUT2D eigenvalue weighted by Gasteiger charge is -2.14. The predicted molar refractivity (Wildman–Crippen MR) is 127 cm³/mol. The highest BCUT2D eigenvalue weighted by Crippen LogP contribution is 2.34. The van der Waals surface area contributed by atoms with Crippen molar-refractivity contribution in [2.24, 2.45) is 5.10 Å². The lowest BCUT2D eigenvalue weighted by Crippen LogP contribution is -2.02. The summed E-state index contributed by atoms with van der Waals surface area (Å²) >= 11 is 3.50. The Hall–Kier alpha value is -3.92. The van der Waals surface area contributed by atoms with Gasteiger partial charge in [0.15, 0.2) is 11.5 Å². The first kappa shape index (κ1) is 23.7. The van der Waals surface area contributed by atoms with Gasteiger partial charge in [-0.3, -0.25) is 15.5 Å². The molecule has 0 bridgehead atoms. The third-order valence-corrected chi connectivity index (χ3v) is 5.12. The van der Waals surface area contributed by atoms with Crippen molar-refractivity contribution in [2.75, 3.05) is 12.0 Å². The molecule has 0 spiro atoms. The Kier molecular flexibility index (Phi) is 7.98. The minimum atomic E-state index is -0.981. The van der Waals surface area contributed by atoms with E-state index in [2.05, 4.69) is 26.5 Å². The number of anilines is 1. The number of carboxylic acids is 1. The second-order valence-electron chi connectivity index (χ2n) is 6.72. The largest absolute Gasteiger partial charge is 0.490 e. The molecule has 0 aromatic heterocycles. The number of aromatic carboxylic acids is 1. The van der Waals surface area contributed by atoms with Gasteiger partial charge in [-0.25, -0.2) is 4.79 Å². The number of non-ortho nitro benzene ring substituents is 1. The molecule has 0 aliphatic rings. The van der Waals surface area contributed by atoms with Crippen LogP contribution in [0, 0.1) is 10.1 Å². The fourth-order valence-corrected chi connectivity index (χ4v) is 3.19. The van der Waals surface area contributed by atoms with Crippen LogP contribution in [-0.2, 0) is 6.61 Å². The first-order valence-electron chi connectivity index (χ1n) is 9.82. The van der Waals surface area contributed by atoms with Gasteiger partial charge in [-0.05, 0) is 64.8 Å². The molecule has 0 saturated carbocycles. The molecule has 170 valence electrons. The molecule has 0 aliphatic carbocycles. The average molecular weight is 514 g/mol. The molecular weight excluding hydrogens is 494 g/mol. The summed E-state index contributed by atoms with van der Waals surface area (Å²) in [6, 6.07) is 15.9. The molecule has 0 saturated heterocycles. The number of benzene rings is 3. The van der Waals surface area contributed by atoms with Crippen molar-refractivity contribution in [2.45, 2.75) is 13.5 Å². The lowest BCUT2D eigenvalue weighted by molar-refractivity contribution is -0.384. The molecule has 0 radical (unpaired) electrons. The molecule has 0 unspecified atom stereocenters. The van der Waals surface area contributed by atoms with Crippen molar-refractivity contribution >= 4 is 39.5 Å². The van der Waals surface area contributed by atoms with E-state index in [1.165, 1.54) is 24.3 Å². The van der Waals surface area contributed by atoms with Gasteiger partial charge in [0.2, 0.25) is 0 Å². The SMILES string of the molecule is CCOc1cc(/C=N/Nc2ccc([N+](=O)[O-])cc2)c(Br)cc1OCc1ccc(C(=O)O)cc1. The smallest absolute Gasteiger partial charge is 0.335 e. The molecule has 0 fully saturated rings. The third kappa shape index (κ3) is 6.53. The van der Waals surface area contributed by atoms with E-state index in [-0.39, 0.29) is 17.9 Å². The van der Waals surface area contributed by atoms with E-state index in [1.807, 2.05) is 6.92 Å². The summed E-state index contributed by atoms with van der Waals surface area (Å²) in [6.45, 7) is 2.53. The van der Waals surface area contributed by atoms with Crippen LogP contribution in [0.5, 0.6) is 11.5 Å². The third-order valence-electron chi connectivity index (χ3n) is 4.43. The fourth-order valence-electron chi connectivity index (χ4n) is 2.77. The van der Waals surface area contributed by atoms with E-state index in [0.717, 1.165) is 15.6 Å². The van der Waals surface area contributed by atoms with E-state index in [1.54, 1.807) is 42.6 Å². The average Bonchev–Trinajstić information content (AvgIpc) is 2.80. The minimum absolute atomic E-state index is 0.00190. The summed E-state index contributed by atoms with van der Waals surface area (Å²) in [5, 5.41) is 23.9. The van der Waals surface area contributed by atoms with Crippen LogP contribution in [0.3, 0.4) is 0 Å². The maximum atomic E-state index is 11.0. The van der Waals surface area contributed by atoms with Crippen molar-refractivity contribution in [3.8, 4) is 11.5 Å². The van der Waals surface area contributed by atoms with Crippen molar-refractivity contribution in [3.63, 3.8) is 0 Å². The number of rotatable bonds is 10. The summed E-state index contributed by atoms with van der Waals surface area (Å²) in [7, 11) is 0. The summed E-state index contributed by atoms with van der Waals surface area (Å²) in [6.07, 6.45) is 1.59. The second-order valence-corrected chi connectivity index (χ2v) is 7.57. The zero-order chi connectivity index (χ0) is 23.8. The Labute approximate surface area is 197 Å². The molecule has 0 aliphatic heterocycles. The standard InChI is InChI=1S/C23H20BrN3O6/c1-2-32-21-11-17(13-25-26-18-7-9-19(10-8-18)27(30)31)20(24)12-22(21)33-14-15-3-5-16(6-4-15)23(28)29/h3-13,26H,2,14H2,1H3,(H,28,29)/b25-13+. The summed E-state index contributed by atoms with van der Waals surface area (Å²) in [5.74, 6) is 0.0662. The van der Waals surface area contributed by atoms with Crippen LogP contribution in [0.1, 0.15) is 28.4 Å². The normalized spacial score (nSPS) is 10.7. The number of nitrogens with one attached hydrogen (secondary N) is 1. The van der Waals surface area contributed by atoms with Crippen molar-refractivity contribution in [1.82, 2.24) is 0 Å². The number of nitrogens with zero attached hydrogens (tertiary/aromatic N) is 2. The van der Waals surface area contributed by atoms with Crippen molar-refractivity contribution in [3.05, 3.63) is 91.9 Å². The Bertz CT molecular complexity index is 1160. The number of hydrogen-bond donors (Lipinski definition) is 2. The van der Waals surface area contributed by atoms with Crippen LogP contribution in [0.4, 0.5) is 11.4 Å². The van der Waals surface area contributed by atoms with Gasteiger partial charge in [0.05, 0.1) is 29.0 Å². The Morgan fingerprint density at radius 1 is 1.12 bits per heavy atom. The summed E-state index contributed by atoms with van der Waals surface area (Å²) in [4.78, 5) is 21.2. The molecular formula is C23H20BrN3O6. The van der Waals surface area contributed by atoms with Crippen molar-refractivity contribution < 1.29 is 24.3 Å². The zero-order valence-electron chi connectivity index (χ0n) is 17.5. The monoisotopic (exact) mass is 513 g/mol. The van der Waals surface area contributed by atoms with E-state index in [4.69, 9.17) is 14.6 Å². The van der Waals surface area contributed by atoms with Gasteiger partial charge in [-0.15, -0.1) is 0 Å². The first-order chi connectivity index (χ1) is 15.9. The number of hydrazone groups is 1. The molecule has 10 heteroatoms. The zero-order valence-corrected chi connectivity index (χ0v) is 19.1. The molecule has 3 rings (SSSR count). The molecule has 0 heterocycles. The van der Waals surface area contributed by atoms with Crippen LogP contribution in [-0.4, -0.2) is 28.8 Å². The van der Waals surface area contributed by atoms with E-state index in [0.29, 0.717) is 23.8 Å². The summed E-state index contributed by atoms with van der Waals surface area (Å²) < 4.78 is 12.3. The van der Waals surface area contributed by atoms with Gasteiger partial charge < -0.3 is 14.6 Å². The number of halogens is 1. The molecule has 3 aromatic rings. The maximum absolute atomic E-state index is 11.0.